The Morgan fingerprint density at radius 2 is 1.59 bits per heavy atom. The SMILES string of the molecule is O=C(Cc1noc(C(=O)NCc2ccc(Cl)cc2)n1)NCc1ccccc1. The molecule has 27 heavy (non-hydrogen) atoms. The number of nitrogens with one attached hydrogen (secondary N) is 2. The van der Waals surface area contributed by atoms with Gasteiger partial charge in [0, 0.05) is 18.1 Å². The fourth-order valence-electron chi connectivity index (χ4n) is 2.28. The second-order valence-electron chi connectivity index (χ2n) is 5.76. The topological polar surface area (TPSA) is 97.1 Å². The lowest BCUT2D eigenvalue weighted by Crippen LogP contribution is -2.25. The molecule has 3 aromatic rings. The van der Waals surface area contributed by atoms with Gasteiger partial charge in [0.2, 0.25) is 5.91 Å². The van der Waals surface area contributed by atoms with Gasteiger partial charge in [-0.15, -0.1) is 0 Å². The van der Waals surface area contributed by atoms with E-state index in [-0.39, 0.29) is 24.0 Å². The van der Waals surface area contributed by atoms with Crippen molar-refractivity contribution in [3.8, 4) is 0 Å². The zero-order valence-corrected chi connectivity index (χ0v) is 15.1. The van der Waals surface area contributed by atoms with Gasteiger partial charge in [0.1, 0.15) is 0 Å². The van der Waals surface area contributed by atoms with Crippen LogP contribution < -0.4 is 10.6 Å². The fourth-order valence-corrected chi connectivity index (χ4v) is 2.41. The molecule has 7 nitrogen and oxygen atoms in total. The van der Waals surface area contributed by atoms with E-state index in [1.165, 1.54) is 0 Å². The molecule has 3 rings (SSSR count). The van der Waals surface area contributed by atoms with Gasteiger partial charge in [0.25, 0.3) is 0 Å². The van der Waals surface area contributed by atoms with Crippen LogP contribution in [0.25, 0.3) is 0 Å². The van der Waals surface area contributed by atoms with Gasteiger partial charge >= 0.3 is 11.8 Å². The number of carbonyl (C=O) groups excluding carboxylic acids is 2. The number of rotatable bonds is 7. The number of benzene rings is 2. The van der Waals surface area contributed by atoms with Crippen molar-refractivity contribution in [1.82, 2.24) is 20.8 Å². The van der Waals surface area contributed by atoms with E-state index in [1.54, 1.807) is 24.3 Å². The van der Waals surface area contributed by atoms with Gasteiger partial charge in [-0.25, -0.2) is 0 Å². The number of amides is 2. The number of hydrogen-bond acceptors (Lipinski definition) is 5. The van der Waals surface area contributed by atoms with E-state index in [0.29, 0.717) is 18.1 Å². The molecule has 0 unspecified atom stereocenters. The van der Waals surface area contributed by atoms with Crippen LogP contribution in [0.3, 0.4) is 0 Å². The van der Waals surface area contributed by atoms with Crippen LogP contribution in [-0.4, -0.2) is 22.0 Å². The molecular weight excluding hydrogens is 368 g/mol. The van der Waals surface area contributed by atoms with Gasteiger partial charge in [-0.2, -0.15) is 4.98 Å². The standard InChI is InChI=1S/C19H17ClN4O3/c20-15-8-6-14(7-9-15)12-22-18(26)19-23-16(24-27-19)10-17(25)21-11-13-4-2-1-3-5-13/h1-9H,10-12H2,(H,21,25)(H,22,26). The Bertz CT molecular complexity index is 910. The average molecular weight is 385 g/mol. The van der Waals surface area contributed by atoms with E-state index in [0.717, 1.165) is 11.1 Å². The molecule has 0 bridgehead atoms. The molecule has 2 amide bonds. The van der Waals surface area contributed by atoms with Crippen LogP contribution >= 0.6 is 11.6 Å². The van der Waals surface area contributed by atoms with E-state index < -0.39 is 5.91 Å². The predicted octanol–water partition coefficient (Wildman–Crippen LogP) is 2.51. The monoisotopic (exact) mass is 384 g/mol. The second-order valence-corrected chi connectivity index (χ2v) is 6.20. The van der Waals surface area contributed by atoms with Gasteiger partial charge in [-0.1, -0.05) is 59.2 Å². The number of halogens is 1. The number of carbonyl (C=O) groups is 2. The number of aromatic nitrogens is 2. The predicted molar refractivity (Wildman–Crippen MR) is 98.9 cm³/mol. The first-order valence-electron chi connectivity index (χ1n) is 8.26. The normalized spacial score (nSPS) is 10.4. The van der Waals surface area contributed by atoms with Crippen molar-refractivity contribution in [2.24, 2.45) is 0 Å². The van der Waals surface area contributed by atoms with Gasteiger partial charge in [-0.3, -0.25) is 9.59 Å². The smallest absolute Gasteiger partial charge is 0.315 e. The number of hydrogen-bond donors (Lipinski definition) is 2. The van der Waals surface area contributed by atoms with Crippen molar-refractivity contribution >= 4 is 23.4 Å². The van der Waals surface area contributed by atoms with Crippen LogP contribution in [-0.2, 0) is 24.3 Å². The second kappa shape index (κ2) is 8.95. The lowest BCUT2D eigenvalue weighted by molar-refractivity contribution is -0.120. The minimum absolute atomic E-state index is 0.0687. The van der Waals surface area contributed by atoms with Gasteiger partial charge in [0.05, 0.1) is 6.42 Å². The first kappa shape index (κ1) is 18.6. The number of nitrogens with zero attached hydrogens (tertiary/aromatic N) is 2. The highest BCUT2D eigenvalue weighted by Crippen LogP contribution is 2.09. The quantitative estimate of drug-likeness (QED) is 0.652. The van der Waals surface area contributed by atoms with Gasteiger partial charge in [-0.05, 0) is 23.3 Å². The van der Waals surface area contributed by atoms with E-state index in [1.807, 2.05) is 30.3 Å². The van der Waals surface area contributed by atoms with Crippen molar-refractivity contribution in [2.75, 3.05) is 0 Å². The summed E-state index contributed by atoms with van der Waals surface area (Å²) in [6.45, 7) is 0.706. The molecule has 0 saturated carbocycles. The minimum Gasteiger partial charge on any atom is -0.352 e. The molecule has 0 radical (unpaired) electrons. The van der Waals surface area contributed by atoms with E-state index in [4.69, 9.17) is 16.1 Å². The first-order chi connectivity index (χ1) is 13.1. The van der Waals surface area contributed by atoms with Gasteiger partial charge in [0.15, 0.2) is 5.82 Å². The maximum absolute atomic E-state index is 12.1. The molecule has 0 atom stereocenters. The van der Waals surface area contributed by atoms with Crippen molar-refractivity contribution in [1.29, 1.82) is 0 Å². The van der Waals surface area contributed by atoms with Crippen molar-refractivity contribution in [3.63, 3.8) is 0 Å². The van der Waals surface area contributed by atoms with Crippen LogP contribution in [0, 0.1) is 0 Å². The fraction of sp³-hybridized carbons (Fsp3) is 0.158. The molecule has 1 aromatic heterocycles. The van der Waals surface area contributed by atoms with Crippen LogP contribution in [0.2, 0.25) is 5.02 Å². The third-order valence-corrected chi connectivity index (χ3v) is 3.93. The summed E-state index contributed by atoms with van der Waals surface area (Å²) in [5.41, 5.74) is 1.87. The maximum Gasteiger partial charge on any atom is 0.315 e. The Balaban J connectivity index is 1.47. The Kier molecular flexibility index (Phi) is 6.17. The molecule has 1 heterocycles. The Morgan fingerprint density at radius 1 is 0.926 bits per heavy atom. The van der Waals surface area contributed by atoms with E-state index >= 15 is 0 Å². The highest BCUT2D eigenvalue weighted by Gasteiger charge is 2.16. The highest BCUT2D eigenvalue weighted by molar-refractivity contribution is 6.30. The van der Waals surface area contributed by atoms with Crippen LogP contribution in [0.5, 0.6) is 0 Å². The Hall–Kier alpha value is -3.19. The van der Waals surface area contributed by atoms with E-state index in [2.05, 4.69) is 20.8 Å². The zero-order chi connectivity index (χ0) is 19.1. The van der Waals surface area contributed by atoms with Gasteiger partial charge < -0.3 is 15.2 Å². The summed E-state index contributed by atoms with van der Waals surface area (Å²) in [7, 11) is 0. The highest BCUT2D eigenvalue weighted by atomic mass is 35.5. The molecule has 0 aliphatic rings. The Morgan fingerprint density at radius 3 is 2.33 bits per heavy atom. The molecule has 0 spiro atoms. The third-order valence-electron chi connectivity index (χ3n) is 3.68. The van der Waals surface area contributed by atoms with Crippen LogP contribution in [0.1, 0.15) is 27.6 Å². The molecule has 138 valence electrons. The largest absolute Gasteiger partial charge is 0.352 e. The van der Waals surface area contributed by atoms with E-state index in [9.17, 15) is 9.59 Å². The molecule has 0 aliphatic carbocycles. The summed E-state index contributed by atoms with van der Waals surface area (Å²) >= 11 is 5.82. The Labute approximate surface area is 160 Å². The molecular formula is C19H17ClN4O3. The van der Waals surface area contributed by atoms with Crippen molar-refractivity contribution in [2.45, 2.75) is 19.5 Å². The molecule has 2 aromatic carbocycles. The summed E-state index contributed by atoms with van der Waals surface area (Å²) in [5, 5.41) is 9.73. The lowest BCUT2D eigenvalue weighted by atomic mass is 10.2. The maximum atomic E-state index is 12.1. The van der Waals surface area contributed by atoms with Crippen LogP contribution in [0.15, 0.2) is 59.1 Å². The molecule has 2 N–H and O–H groups in total. The lowest BCUT2D eigenvalue weighted by Gasteiger charge is -2.03. The summed E-state index contributed by atoms with van der Waals surface area (Å²) in [4.78, 5) is 28.0. The summed E-state index contributed by atoms with van der Waals surface area (Å²) < 4.78 is 4.92. The third kappa shape index (κ3) is 5.65. The molecule has 0 fully saturated rings. The summed E-state index contributed by atoms with van der Waals surface area (Å²) in [5.74, 6) is -0.798. The first-order valence-corrected chi connectivity index (χ1v) is 8.64. The van der Waals surface area contributed by atoms with Crippen molar-refractivity contribution < 1.29 is 14.1 Å². The minimum atomic E-state index is -0.506. The molecule has 0 aliphatic heterocycles. The summed E-state index contributed by atoms with van der Waals surface area (Å²) in [6.07, 6.45) is -0.0687. The van der Waals surface area contributed by atoms with Crippen molar-refractivity contribution in [3.05, 3.63) is 82.5 Å². The molecule has 8 heteroatoms. The zero-order valence-electron chi connectivity index (χ0n) is 14.3. The molecule has 0 saturated heterocycles. The summed E-state index contributed by atoms with van der Waals surface area (Å²) in [6, 6.07) is 16.6. The average Bonchev–Trinajstić information content (AvgIpc) is 3.15. The van der Waals surface area contributed by atoms with Crippen LogP contribution in [0.4, 0.5) is 0 Å².